The van der Waals surface area contributed by atoms with Gasteiger partial charge in [-0.2, -0.15) is 5.26 Å². The molecule has 0 radical (unpaired) electrons. The van der Waals surface area contributed by atoms with Gasteiger partial charge in [0.1, 0.15) is 11.8 Å². The number of nitrogens with zero attached hydrogens (tertiary/aromatic N) is 2. The number of nitriles is 1. The Hall–Kier alpha value is -2.42. The molecule has 21 heavy (non-hydrogen) atoms. The van der Waals surface area contributed by atoms with E-state index >= 15 is 0 Å². The van der Waals surface area contributed by atoms with Crippen LogP contribution in [0.4, 0.5) is 0 Å². The molecule has 2 rings (SSSR count). The lowest BCUT2D eigenvalue weighted by atomic mass is 9.93. The molecule has 2 N–H and O–H groups in total. The van der Waals surface area contributed by atoms with Crippen LogP contribution in [0.1, 0.15) is 53.8 Å². The van der Waals surface area contributed by atoms with Crippen molar-refractivity contribution < 1.29 is 14.7 Å². The predicted octanol–water partition coefficient (Wildman–Crippen LogP) is 1.78. The van der Waals surface area contributed by atoms with E-state index in [0.717, 1.165) is 12.8 Å². The monoisotopic (exact) mass is 287 g/mol. The molecule has 1 aromatic rings. The zero-order chi connectivity index (χ0) is 15.5. The fourth-order valence-electron chi connectivity index (χ4n) is 2.80. The van der Waals surface area contributed by atoms with Crippen LogP contribution in [0.3, 0.4) is 0 Å². The molecule has 6 nitrogen and oxygen atoms in total. The number of hydrogen-bond acceptors (Lipinski definition) is 4. The Morgan fingerprint density at radius 2 is 2.10 bits per heavy atom. The summed E-state index contributed by atoms with van der Waals surface area (Å²) in [5, 5.41) is 20.7. The number of carboxylic acid groups (broad SMARTS) is 1. The summed E-state index contributed by atoms with van der Waals surface area (Å²) in [6.07, 6.45) is 3.08. The number of rotatable bonds is 4. The van der Waals surface area contributed by atoms with E-state index in [9.17, 15) is 9.59 Å². The van der Waals surface area contributed by atoms with E-state index in [1.54, 1.807) is 13.0 Å². The Balaban J connectivity index is 2.18. The summed E-state index contributed by atoms with van der Waals surface area (Å²) >= 11 is 0. The lowest BCUT2D eigenvalue weighted by molar-refractivity contribution is -0.138. The molecule has 0 bridgehead atoms. The topological polar surface area (TPSA) is 103 Å². The van der Waals surface area contributed by atoms with Crippen LogP contribution < -0.4 is 5.32 Å². The number of aromatic nitrogens is 1. The number of nitrogens with one attached hydrogen (secondary N) is 1. The van der Waals surface area contributed by atoms with E-state index < -0.39 is 11.5 Å². The van der Waals surface area contributed by atoms with Gasteiger partial charge in [0.25, 0.3) is 5.91 Å². The summed E-state index contributed by atoms with van der Waals surface area (Å²) < 4.78 is 0. The highest BCUT2D eigenvalue weighted by Gasteiger charge is 2.37. The van der Waals surface area contributed by atoms with Crippen molar-refractivity contribution in [3.63, 3.8) is 0 Å². The maximum absolute atomic E-state index is 12.3. The van der Waals surface area contributed by atoms with Crippen molar-refractivity contribution in [1.29, 1.82) is 5.26 Å². The Bertz CT molecular complexity index is 613. The van der Waals surface area contributed by atoms with Crippen molar-refractivity contribution in [3.8, 4) is 6.07 Å². The summed E-state index contributed by atoms with van der Waals surface area (Å²) in [7, 11) is 0. The van der Waals surface area contributed by atoms with Crippen LogP contribution in [0.15, 0.2) is 12.1 Å². The van der Waals surface area contributed by atoms with Gasteiger partial charge >= 0.3 is 5.97 Å². The van der Waals surface area contributed by atoms with Crippen molar-refractivity contribution in [3.05, 3.63) is 29.1 Å². The molecule has 0 atom stereocenters. The van der Waals surface area contributed by atoms with Crippen LogP contribution in [0.2, 0.25) is 0 Å². The summed E-state index contributed by atoms with van der Waals surface area (Å²) in [5.41, 5.74) is 0.451. The van der Waals surface area contributed by atoms with Crippen molar-refractivity contribution >= 4 is 11.9 Å². The second-order valence-corrected chi connectivity index (χ2v) is 5.45. The second kappa shape index (κ2) is 5.92. The first-order valence-electron chi connectivity index (χ1n) is 6.88. The fourth-order valence-corrected chi connectivity index (χ4v) is 2.80. The number of carbonyl (C=O) groups excluding carboxylic acids is 1. The molecule has 0 spiro atoms. The SMILES string of the molecule is Cc1nc(C(=O)NC2(CC(=O)O)CCCC2)ccc1C#N. The van der Waals surface area contributed by atoms with Crippen molar-refractivity contribution in [2.45, 2.75) is 44.6 Å². The Labute approximate surface area is 122 Å². The number of hydrogen-bond donors (Lipinski definition) is 2. The van der Waals surface area contributed by atoms with Gasteiger partial charge in [-0.1, -0.05) is 12.8 Å². The smallest absolute Gasteiger partial charge is 0.305 e. The minimum Gasteiger partial charge on any atom is -0.481 e. The number of aryl methyl sites for hydroxylation is 1. The third kappa shape index (κ3) is 3.37. The first-order chi connectivity index (χ1) is 9.96. The minimum atomic E-state index is -0.916. The molecular weight excluding hydrogens is 270 g/mol. The normalized spacial score (nSPS) is 16.2. The van der Waals surface area contributed by atoms with Gasteiger partial charge in [-0.15, -0.1) is 0 Å². The molecule has 1 amide bonds. The van der Waals surface area contributed by atoms with Gasteiger partial charge in [0, 0.05) is 0 Å². The number of aliphatic carboxylic acids is 1. The Kier molecular flexibility index (Phi) is 4.22. The van der Waals surface area contributed by atoms with Crippen LogP contribution in [0.25, 0.3) is 0 Å². The number of carbonyl (C=O) groups is 2. The van der Waals surface area contributed by atoms with Gasteiger partial charge in [0.2, 0.25) is 0 Å². The molecule has 0 aliphatic heterocycles. The number of amides is 1. The zero-order valence-corrected chi connectivity index (χ0v) is 11.8. The van der Waals surface area contributed by atoms with Crippen LogP contribution in [0.5, 0.6) is 0 Å². The molecule has 0 unspecified atom stereocenters. The summed E-state index contributed by atoms with van der Waals surface area (Å²) in [6.45, 7) is 1.66. The van der Waals surface area contributed by atoms with Gasteiger partial charge in [-0.3, -0.25) is 9.59 Å². The minimum absolute atomic E-state index is 0.0754. The van der Waals surface area contributed by atoms with E-state index in [0.29, 0.717) is 24.1 Å². The third-order valence-electron chi connectivity index (χ3n) is 3.87. The van der Waals surface area contributed by atoms with E-state index in [4.69, 9.17) is 10.4 Å². The largest absolute Gasteiger partial charge is 0.481 e. The number of pyridine rings is 1. The maximum Gasteiger partial charge on any atom is 0.305 e. The molecule has 1 aliphatic rings. The maximum atomic E-state index is 12.3. The Morgan fingerprint density at radius 3 is 2.62 bits per heavy atom. The summed E-state index contributed by atoms with van der Waals surface area (Å²) in [4.78, 5) is 27.4. The van der Waals surface area contributed by atoms with Gasteiger partial charge in [0.15, 0.2) is 0 Å². The average Bonchev–Trinajstić information content (AvgIpc) is 2.85. The molecule has 1 saturated carbocycles. The highest BCUT2D eigenvalue weighted by atomic mass is 16.4. The standard InChI is InChI=1S/C15H17N3O3/c1-10-11(9-16)4-5-12(17-10)14(21)18-15(8-13(19)20)6-2-3-7-15/h4-5H,2-3,6-8H2,1H3,(H,18,21)(H,19,20). The van der Waals surface area contributed by atoms with Crippen molar-refractivity contribution in [2.75, 3.05) is 0 Å². The highest BCUT2D eigenvalue weighted by molar-refractivity contribution is 5.93. The van der Waals surface area contributed by atoms with E-state index in [2.05, 4.69) is 10.3 Å². The van der Waals surface area contributed by atoms with Gasteiger partial charge in [-0.05, 0) is 31.9 Å². The molecule has 1 heterocycles. The van der Waals surface area contributed by atoms with Crippen LogP contribution >= 0.6 is 0 Å². The second-order valence-electron chi connectivity index (χ2n) is 5.45. The molecular formula is C15H17N3O3. The summed E-state index contributed by atoms with van der Waals surface area (Å²) in [6, 6.07) is 5.04. The lowest BCUT2D eigenvalue weighted by Gasteiger charge is -2.28. The third-order valence-corrected chi connectivity index (χ3v) is 3.87. The molecule has 1 aromatic heterocycles. The predicted molar refractivity (Wildman–Crippen MR) is 74.6 cm³/mol. The lowest BCUT2D eigenvalue weighted by Crippen LogP contribution is -2.48. The fraction of sp³-hybridized carbons (Fsp3) is 0.467. The van der Waals surface area contributed by atoms with Crippen LogP contribution in [-0.2, 0) is 4.79 Å². The van der Waals surface area contributed by atoms with E-state index in [-0.39, 0.29) is 18.0 Å². The molecule has 110 valence electrons. The quantitative estimate of drug-likeness (QED) is 0.878. The molecule has 6 heteroatoms. The zero-order valence-electron chi connectivity index (χ0n) is 11.8. The molecule has 1 fully saturated rings. The van der Waals surface area contributed by atoms with Gasteiger partial charge in [-0.25, -0.2) is 4.98 Å². The molecule has 0 saturated heterocycles. The first kappa shape index (κ1) is 15.0. The molecule has 0 aromatic carbocycles. The van der Waals surface area contributed by atoms with Crippen molar-refractivity contribution in [2.24, 2.45) is 0 Å². The van der Waals surface area contributed by atoms with E-state index in [1.165, 1.54) is 6.07 Å². The number of carboxylic acids is 1. The van der Waals surface area contributed by atoms with Gasteiger partial charge in [0.05, 0.1) is 23.2 Å². The van der Waals surface area contributed by atoms with Crippen LogP contribution in [0, 0.1) is 18.3 Å². The Morgan fingerprint density at radius 1 is 1.43 bits per heavy atom. The van der Waals surface area contributed by atoms with Crippen LogP contribution in [-0.4, -0.2) is 27.5 Å². The van der Waals surface area contributed by atoms with Gasteiger partial charge < -0.3 is 10.4 Å². The first-order valence-corrected chi connectivity index (χ1v) is 6.88. The van der Waals surface area contributed by atoms with Crippen molar-refractivity contribution in [1.82, 2.24) is 10.3 Å². The highest BCUT2D eigenvalue weighted by Crippen LogP contribution is 2.32. The molecule has 1 aliphatic carbocycles. The van der Waals surface area contributed by atoms with E-state index in [1.807, 2.05) is 6.07 Å². The summed E-state index contributed by atoms with van der Waals surface area (Å²) in [5.74, 6) is -1.30. The average molecular weight is 287 g/mol.